The van der Waals surface area contributed by atoms with E-state index in [0.717, 1.165) is 39.2 Å². The first kappa shape index (κ1) is 18.5. The van der Waals surface area contributed by atoms with Gasteiger partial charge in [0.1, 0.15) is 0 Å². The van der Waals surface area contributed by atoms with Crippen LogP contribution in [-0.2, 0) is 35.9 Å². The number of methoxy groups -OCH3 is 1. The van der Waals surface area contributed by atoms with Crippen LogP contribution in [0.5, 0.6) is 0 Å². The smallest absolute Gasteiger partial charge is 0.0641 e. The van der Waals surface area contributed by atoms with Crippen LogP contribution < -0.4 is 0 Å². The fraction of sp³-hybridized carbons (Fsp3) is 0.556. The van der Waals surface area contributed by atoms with Crippen molar-refractivity contribution >= 4 is 0 Å². The second-order valence-corrected chi connectivity index (χ2v) is 5.24. The third-order valence-electron chi connectivity index (χ3n) is 3.41. The zero-order valence-electron chi connectivity index (χ0n) is 14.4. The van der Waals surface area contributed by atoms with Crippen molar-refractivity contribution in [3.63, 3.8) is 0 Å². The van der Waals surface area contributed by atoms with Crippen LogP contribution in [0.2, 0.25) is 0 Å². The monoisotopic (exact) mass is 306 g/mol. The molecule has 0 radical (unpaired) electrons. The van der Waals surface area contributed by atoms with E-state index in [1.165, 1.54) is 11.1 Å². The summed E-state index contributed by atoms with van der Waals surface area (Å²) >= 11 is 0. The minimum Gasteiger partial charge on any atom is -0.383 e. The van der Waals surface area contributed by atoms with E-state index in [4.69, 9.17) is 9.47 Å². The summed E-state index contributed by atoms with van der Waals surface area (Å²) in [5.74, 6) is 0. The number of nitrogens with zero attached hydrogens (tertiary/aromatic N) is 2. The third-order valence-corrected chi connectivity index (χ3v) is 3.41. The van der Waals surface area contributed by atoms with Gasteiger partial charge in [0.15, 0.2) is 0 Å². The van der Waals surface area contributed by atoms with E-state index >= 15 is 0 Å². The lowest BCUT2D eigenvalue weighted by molar-refractivity contribution is 0.151. The molecule has 0 unspecified atom stereocenters. The van der Waals surface area contributed by atoms with Crippen molar-refractivity contribution in [3.05, 3.63) is 48.0 Å². The molecule has 0 bridgehead atoms. The summed E-state index contributed by atoms with van der Waals surface area (Å²) < 4.78 is 14.5. The Bertz CT molecular complexity index is 503. The van der Waals surface area contributed by atoms with E-state index < -0.39 is 0 Å². The van der Waals surface area contributed by atoms with Gasteiger partial charge in [-0.3, -0.25) is 0 Å². The Hall–Kier alpha value is -1.52. The molecule has 0 aliphatic carbocycles. The molecule has 0 spiro atoms. The maximum Gasteiger partial charge on any atom is 0.0641 e. The molecule has 0 aliphatic heterocycles. The number of rotatable bonds is 8. The highest BCUT2D eigenvalue weighted by Crippen LogP contribution is 2.02. The molecular formula is C18H30N2O2. The zero-order valence-corrected chi connectivity index (χ0v) is 14.4. The van der Waals surface area contributed by atoms with E-state index in [-0.39, 0.29) is 0 Å². The Kier molecular flexibility index (Phi) is 9.35. The van der Waals surface area contributed by atoms with Gasteiger partial charge in [0.25, 0.3) is 0 Å². The lowest BCUT2D eigenvalue weighted by Crippen LogP contribution is -2.01. The molecule has 124 valence electrons. The van der Waals surface area contributed by atoms with Crippen molar-refractivity contribution < 1.29 is 9.47 Å². The van der Waals surface area contributed by atoms with E-state index in [0.29, 0.717) is 0 Å². The molecule has 0 saturated carbocycles. The SMILES string of the molecule is CCOCCc1ccn(CCOC)c1.CCc1ccn(C)c1. The second kappa shape index (κ2) is 11.1. The van der Waals surface area contributed by atoms with Crippen LogP contribution >= 0.6 is 0 Å². The average molecular weight is 306 g/mol. The van der Waals surface area contributed by atoms with Gasteiger partial charge < -0.3 is 18.6 Å². The van der Waals surface area contributed by atoms with Crippen LogP contribution in [0.1, 0.15) is 25.0 Å². The number of hydrogen-bond donors (Lipinski definition) is 0. The topological polar surface area (TPSA) is 28.3 Å². The molecule has 2 aromatic rings. The molecule has 4 heteroatoms. The number of aromatic nitrogens is 2. The summed E-state index contributed by atoms with van der Waals surface area (Å²) in [6.07, 6.45) is 10.6. The third kappa shape index (κ3) is 7.48. The highest BCUT2D eigenvalue weighted by Gasteiger charge is 1.96. The van der Waals surface area contributed by atoms with Crippen molar-refractivity contribution in [2.24, 2.45) is 7.05 Å². The summed E-state index contributed by atoms with van der Waals surface area (Å²) in [5, 5.41) is 0. The van der Waals surface area contributed by atoms with Crippen LogP contribution in [0.25, 0.3) is 0 Å². The quantitative estimate of drug-likeness (QED) is 0.700. The molecule has 0 fully saturated rings. The molecular weight excluding hydrogens is 276 g/mol. The molecule has 0 saturated heterocycles. The number of ether oxygens (including phenoxy) is 2. The van der Waals surface area contributed by atoms with Gasteiger partial charge in [-0.2, -0.15) is 0 Å². The first-order valence-electron chi connectivity index (χ1n) is 8.01. The Labute approximate surface area is 134 Å². The summed E-state index contributed by atoms with van der Waals surface area (Å²) in [4.78, 5) is 0. The van der Waals surface area contributed by atoms with Crippen molar-refractivity contribution in [2.45, 2.75) is 33.2 Å². The highest BCUT2D eigenvalue weighted by molar-refractivity contribution is 5.10. The minimum absolute atomic E-state index is 0.763. The normalized spacial score (nSPS) is 10.4. The Morgan fingerprint density at radius 3 is 2.32 bits per heavy atom. The predicted molar refractivity (Wildman–Crippen MR) is 91.3 cm³/mol. The van der Waals surface area contributed by atoms with Gasteiger partial charge in [0, 0.05) is 52.1 Å². The Morgan fingerprint density at radius 2 is 1.77 bits per heavy atom. The van der Waals surface area contributed by atoms with Crippen molar-refractivity contribution in [2.75, 3.05) is 26.9 Å². The Balaban J connectivity index is 0.000000255. The maximum absolute atomic E-state index is 5.29. The molecule has 0 atom stereocenters. The van der Waals surface area contributed by atoms with Gasteiger partial charge in [0.05, 0.1) is 13.2 Å². The molecule has 2 rings (SSSR count). The predicted octanol–water partition coefficient (Wildman–Crippen LogP) is 3.30. The summed E-state index contributed by atoms with van der Waals surface area (Å²) in [5.41, 5.74) is 2.74. The highest BCUT2D eigenvalue weighted by atomic mass is 16.5. The molecule has 0 N–H and O–H groups in total. The van der Waals surface area contributed by atoms with Crippen LogP contribution in [0, 0.1) is 0 Å². The van der Waals surface area contributed by atoms with Crippen molar-refractivity contribution in [1.29, 1.82) is 0 Å². The van der Waals surface area contributed by atoms with Crippen LogP contribution in [-0.4, -0.2) is 36.1 Å². The molecule has 0 aromatic carbocycles. The summed E-state index contributed by atoms with van der Waals surface area (Å²) in [7, 11) is 3.76. The summed E-state index contributed by atoms with van der Waals surface area (Å²) in [6.45, 7) is 7.47. The van der Waals surface area contributed by atoms with Gasteiger partial charge >= 0.3 is 0 Å². The fourth-order valence-electron chi connectivity index (χ4n) is 2.08. The lowest BCUT2D eigenvalue weighted by Gasteiger charge is -2.01. The first-order valence-corrected chi connectivity index (χ1v) is 8.01. The lowest BCUT2D eigenvalue weighted by atomic mass is 10.2. The largest absolute Gasteiger partial charge is 0.383 e. The minimum atomic E-state index is 0.763. The van der Waals surface area contributed by atoms with Crippen LogP contribution in [0.4, 0.5) is 0 Å². The van der Waals surface area contributed by atoms with E-state index in [1.54, 1.807) is 7.11 Å². The molecule has 0 aliphatic rings. The van der Waals surface area contributed by atoms with E-state index in [9.17, 15) is 0 Å². The molecule has 2 aromatic heterocycles. The molecule has 0 amide bonds. The van der Waals surface area contributed by atoms with Crippen molar-refractivity contribution in [1.82, 2.24) is 9.13 Å². The van der Waals surface area contributed by atoms with E-state index in [1.807, 2.05) is 14.0 Å². The number of aryl methyl sites for hydroxylation is 2. The van der Waals surface area contributed by atoms with Gasteiger partial charge in [-0.15, -0.1) is 0 Å². The van der Waals surface area contributed by atoms with Crippen molar-refractivity contribution in [3.8, 4) is 0 Å². The zero-order chi connectivity index (χ0) is 16.2. The number of hydrogen-bond acceptors (Lipinski definition) is 2. The van der Waals surface area contributed by atoms with Gasteiger partial charge in [-0.25, -0.2) is 0 Å². The summed E-state index contributed by atoms with van der Waals surface area (Å²) in [6, 6.07) is 4.27. The molecule has 4 nitrogen and oxygen atoms in total. The van der Waals surface area contributed by atoms with Gasteiger partial charge in [-0.1, -0.05) is 6.92 Å². The van der Waals surface area contributed by atoms with Crippen LogP contribution in [0.15, 0.2) is 36.9 Å². The standard InChI is InChI=1S/C11H19NO2.C7H11N/c1-3-14-8-5-11-4-6-12(10-11)7-9-13-2;1-3-7-4-5-8(2)6-7/h4,6,10H,3,5,7-9H2,1-2H3;4-6H,3H2,1-2H3. The average Bonchev–Trinajstić information content (AvgIpc) is 3.15. The first-order chi connectivity index (χ1) is 10.7. The molecule has 2 heterocycles. The molecule has 22 heavy (non-hydrogen) atoms. The second-order valence-electron chi connectivity index (χ2n) is 5.24. The van der Waals surface area contributed by atoms with Gasteiger partial charge in [0.2, 0.25) is 0 Å². The Morgan fingerprint density at radius 1 is 1.00 bits per heavy atom. The van der Waals surface area contributed by atoms with Crippen LogP contribution in [0.3, 0.4) is 0 Å². The fourth-order valence-corrected chi connectivity index (χ4v) is 2.08. The maximum atomic E-state index is 5.29. The van der Waals surface area contributed by atoms with E-state index in [2.05, 4.69) is 53.0 Å². The van der Waals surface area contributed by atoms with Gasteiger partial charge in [-0.05, 0) is 43.0 Å².